The Morgan fingerprint density at radius 1 is 1.73 bits per heavy atom. The molecule has 0 aromatic heterocycles. The van der Waals surface area contributed by atoms with Crippen LogP contribution in [0.5, 0.6) is 0 Å². The molecule has 0 saturated carbocycles. The van der Waals surface area contributed by atoms with Gasteiger partial charge in [0.05, 0.1) is 19.3 Å². The van der Waals surface area contributed by atoms with Crippen molar-refractivity contribution in [2.45, 2.75) is 25.0 Å². The number of ether oxygens (including phenoxy) is 3. The highest BCUT2D eigenvalue weighted by Crippen LogP contribution is 2.12. The van der Waals surface area contributed by atoms with E-state index < -0.39 is 6.10 Å². The van der Waals surface area contributed by atoms with Gasteiger partial charge in [-0.25, -0.2) is 5.84 Å². The van der Waals surface area contributed by atoms with E-state index in [1.165, 1.54) is 7.11 Å². The highest BCUT2D eigenvalue weighted by Gasteiger charge is 2.22. The van der Waals surface area contributed by atoms with E-state index in [9.17, 15) is 4.79 Å². The van der Waals surface area contributed by atoms with Gasteiger partial charge >= 0.3 is 0 Å². The minimum absolute atomic E-state index is 0.0925. The van der Waals surface area contributed by atoms with E-state index in [1.54, 1.807) is 0 Å². The molecule has 3 N–H and O–H groups in total. The number of hydrogen-bond acceptors (Lipinski definition) is 5. The lowest BCUT2D eigenvalue weighted by Gasteiger charge is -2.17. The number of rotatable bonds is 6. The van der Waals surface area contributed by atoms with Crippen molar-refractivity contribution in [3.8, 4) is 0 Å². The van der Waals surface area contributed by atoms with Gasteiger partial charge in [0.1, 0.15) is 0 Å². The summed E-state index contributed by atoms with van der Waals surface area (Å²) >= 11 is 0. The minimum atomic E-state index is -0.663. The molecule has 1 saturated heterocycles. The molecule has 1 heterocycles. The molecule has 0 bridgehead atoms. The summed E-state index contributed by atoms with van der Waals surface area (Å²) in [5.74, 6) is 4.64. The molecule has 1 rings (SSSR count). The Morgan fingerprint density at radius 3 is 3.07 bits per heavy atom. The number of methoxy groups -OCH3 is 1. The standard InChI is InChI=1S/C9H18N2O4/c1-13-6-8(9(12)11-10)15-5-7-3-2-4-14-7/h7-8H,2-6,10H2,1H3,(H,11,12). The summed E-state index contributed by atoms with van der Waals surface area (Å²) in [4.78, 5) is 11.2. The zero-order valence-corrected chi connectivity index (χ0v) is 8.90. The molecular weight excluding hydrogens is 200 g/mol. The first-order valence-corrected chi connectivity index (χ1v) is 5.00. The van der Waals surface area contributed by atoms with Crippen LogP contribution >= 0.6 is 0 Å². The first kappa shape index (κ1) is 12.4. The molecule has 6 nitrogen and oxygen atoms in total. The number of nitrogens with one attached hydrogen (secondary N) is 1. The Balaban J connectivity index is 2.26. The summed E-state index contributed by atoms with van der Waals surface area (Å²) < 4.78 is 15.6. The Bertz CT molecular complexity index is 195. The lowest BCUT2D eigenvalue weighted by Crippen LogP contribution is -2.43. The fraction of sp³-hybridized carbons (Fsp3) is 0.889. The van der Waals surface area contributed by atoms with E-state index in [0.717, 1.165) is 19.4 Å². The maximum absolute atomic E-state index is 11.2. The molecule has 15 heavy (non-hydrogen) atoms. The van der Waals surface area contributed by atoms with Crippen LogP contribution in [0.1, 0.15) is 12.8 Å². The molecule has 1 amide bonds. The lowest BCUT2D eigenvalue weighted by molar-refractivity contribution is -0.139. The first-order chi connectivity index (χ1) is 7.27. The van der Waals surface area contributed by atoms with Gasteiger partial charge in [-0.3, -0.25) is 10.2 Å². The second-order valence-corrected chi connectivity index (χ2v) is 3.42. The molecule has 2 atom stereocenters. The smallest absolute Gasteiger partial charge is 0.265 e. The average molecular weight is 218 g/mol. The van der Waals surface area contributed by atoms with Crippen LogP contribution in [0.3, 0.4) is 0 Å². The molecule has 6 heteroatoms. The van der Waals surface area contributed by atoms with E-state index >= 15 is 0 Å². The third-order valence-corrected chi connectivity index (χ3v) is 2.26. The van der Waals surface area contributed by atoms with Crippen LogP contribution in [0.2, 0.25) is 0 Å². The van der Waals surface area contributed by atoms with Crippen LogP contribution in [0.4, 0.5) is 0 Å². The second-order valence-electron chi connectivity index (χ2n) is 3.42. The fourth-order valence-corrected chi connectivity index (χ4v) is 1.44. The van der Waals surface area contributed by atoms with Crippen LogP contribution in [-0.2, 0) is 19.0 Å². The number of hydrogen-bond donors (Lipinski definition) is 2. The van der Waals surface area contributed by atoms with Gasteiger partial charge in [-0.1, -0.05) is 0 Å². The monoisotopic (exact) mass is 218 g/mol. The third kappa shape index (κ3) is 4.13. The van der Waals surface area contributed by atoms with Gasteiger partial charge in [-0.2, -0.15) is 0 Å². The van der Waals surface area contributed by atoms with Crippen molar-refractivity contribution in [1.82, 2.24) is 5.43 Å². The van der Waals surface area contributed by atoms with Crippen molar-refractivity contribution < 1.29 is 19.0 Å². The van der Waals surface area contributed by atoms with Crippen molar-refractivity contribution >= 4 is 5.91 Å². The molecule has 0 radical (unpaired) electrons. The normalized spacial score (nSPS) is 22.7. The average Bonchev–Trinajstić information content (AvgIpc) is 2.76. The van der Waals surface area contributed by atoms with Crippen molar-refractivity contribution in [1.29, 1.82) is 0 Å². The Kier molecular flexibility index (Phi) is 5.56. The molecule has 0 spiro atoms. The van der Waals surface area contributed by atoms with E-state index in [1.807, 2.05) is 5.43 Å². The van der Waals surface area contributed by atoms with E-state index in [4.69, 9.17) is 20.1 Å². The van der Waals surface area contributed by atoms with Crippen LogP contribution in [-0.4, -0.2) is 45.0 Å². The zero-order valence-electron chi connectivity index (χ0n) is 8.90. The highest BCUT2D eigenvalue weighted by atomic mass is 16.6. The van der Waals surface area contributed by atoms with Crippen LogP contribution in [0.25, 0.3) is 0 Å². The number of nitrogens with two attached hydrogens (primary N) is 1. The van der Waals surface area contributed by atoms with Crippen molar-refractivity contribution in [2.24, 2.45) is 5.84 Å². The number of amides is 1. The van der Waals surface area contributed by atoms with E-state index in [2.05, 4.69) is 0 Å². The van der Waals surface area contributed by atoms with Gasteiger partial charge in [-0.15, -0.1) is 0 Å². The molecule has 0 aromatic carbocycles. The maximum atomic E-state index is 11.2. The molecule has 2 unspecified atom stereocenters. The molecule has 1 aliphatic rings. The summed E-state index contributed by atoms with van der Waals surface area (Å²) in [6, 6.07) is 0. The SMILES string of the molecule is COCC(OCC1CCCO1)C(=O)NN. The van der Waals surface area contributed by atoms with Crippen molar-refractivity contribution in [3.63, 3.8) is 0 Å². The highest BCUT2D eigenvalue weighted by molar-refractivity contribution is 5.80. The molecule has 88 valence electrons. The second kappa shape index (κ2) is 6.73. The summed E-state index contributed by atoms with van der Waals surface area (Å²) in [7, 11) is 1.51. The Hall–Kier alpha value is -0.690. The lowest BCUT2D eigenvalue weighted by atomic mass is 10.2. The maximum Gasteiger partial charge on any atom is 0.265 e. The molecular formula is C9H18N2O4. The molecule has 0 aliphatic carbocycles. The van der Waals surface area contributed by atoms with Gasteiger partial charge in [0.25, 0.3) is 5.91 Å². The van der Waals surface area contributed by atoms with Crippen LogP contribution in [0, 0.1) is 0 Å². The van der Waals surface area contributed by atoms with E-state index in [0.29, 0.717) is 6.61 Å². The largest absolute Gasteiger partial charge is 0.381 e. The van der Waals surface area contributed by atoms with Gasteiger partial charge in [0.15, 0.2) is 6.10 Å². The van der Waals surface area contributed by atoms with Gasteiger partial charge in [-0.05, 0) is 12.8 Å². The summed E-state index contributed by atoms with van der Waals surface area (Å²) in [6.07, 6.45) is 1.45. The first-order valence-electron chi connectivity index (χ1n) is 5.00. The third-order valence-electron chi connectivity index (χ3n) is 2.26. The van der Waals surface area contributed by atoms with Crippen molar-refractivity contribution in [2.75, 3.05) is 26.9 Å². The predicted octanol–water partition coefficient (Wildman–Crippen LogP) is -0.813. The van der Waals surface area contributed by atoms with Gasteiger partial charge in [0.2, 0.25) is 0 Å². The predicted molar refractivity (Wildman–Crippen MR) is 52.9 cm³/mol. The fourth-order valence-electron chi connectivity index (χ4n) is 1.44. The van der Waals surface area contributed by atoms with E-state index in [-0.39, 0.29) is 18.6 Å². The van der Waals surface area contributed by atoms with Crippen LogP contribution < -0.4 is 11.3 Å². The number of hydrazine groups is 1. The number of carbonyl (C=O) groups excluding carboxylic acids is 1. The zero-order chi connectivity index (χ0) is 11.1. The van der Waals surface area contributed by atoms with Crippen molar-refractivity contribution in [3.05, 3.63) is 0 Å². The molecule has 0 aromatic rings. The van der Waals surface area contributed by atoms with Gasteiger partial charge in [0, 0.05) is 13.7 Å². The topological polar surface area (TPSA) is 82.8 Å². The molecule has 1 fully saturated rings. The Labute approximate surface area is 89.0 Å². The Morgan fingerprint density at radius 2 is 2.53 bits per heavy atom. The summed E-state index contributed by atoms with van der Waals surface area (Å²) in [5, 5.41) is 0. The summed E-state index contributed by atoms with van der Waals surface area (Å²) in [5.41, 5.74) is 2.04. The quantitative estimate of drug-likeness (QED) is 0.346. The van der Waals surface area contributed by atoms with Crippen LogP contribution in [0.15, 0.2) is 0 Å². The molecule has 1 aliphatic heterocycles. The van der Waals surface area contributed by atoms with Gasteiger partial charge < -0.3 is 14.2 Å². The minimum Gasteiger partial charge on any atom is -0.381 e. The number of carbonyl (C=O) groups is 1. The summed E-state index contributed by atoms with van der Waals surface area (Å²) in [6.45, 7) is 1.36.